The molecule has 0 fully saturated rings. The van der Waals surface area contributed by atoms with Gasteiger partial charge in [0.25, 0.3) is 0 Å². The Labute approximate surface area is 252 Å². The third kappa shape index (κ3) is 4.74. The number of hydrogen-bond donors (Lipinski definition) is 1. The van der Waals surface area contributed by atoms with E-state index in [9.17, 15) is 15.8 Å². The number of hydrogen-bond acceptors (Lipinski definition) is 4. The zero-order chi connectivity index (χ0) is 30.1. The molecule has 0 atom stereocenters. The molecule has 6 rings (SSSR count). The Hall–Kier alpha value is -5.89. The zero-order valence-electron chi connectivity index (χ0n) is 23.9. The van der Waals surface area contributed by atoms with Crippen LogP contribution in [0.5, 0.6) is 0 Å². The van der Waals surface area contributed by atoms with Crippen molar-refractivity contribution in [2.45, 2.75) is 26.2 Å². The minimum absolute atomic E-state index is 0.0515. The minimum Gasteiger partial charge on any atom is -0.390 e. The Morgan fingerprint density at radius 3 is 2.09 bits per heavy atom. The Morgan fingerprint density at radius 1 is 0.814 bits per heavy atom. The van der Waals surface area contributed by atoms with E-state index in [4.69, 9.17) is 5.73 Å². The summed E-state index contributed by atoms with van der Waals surface area (Å²) in [6.07, 6.45) is 13.2. The summed E-state index contributed by atoms with van der Waals surface area (Å²) in [6, 6.07) is 27.1. The number of nitriles is 3. The van der Waals surface area contributed by atoms with E-state index in [1.807, 2.05) is 55.5 Å². The highest BCUT2D eigenvalue weighted by Crippen LogP contribution is 2.49. The van der Waals surface area contributed by atoms with Crippen LogP contribution in [0.25, 0.3) is 51.1 Å². The molecule has 4 aromatic rings. The fourth-order valence-corrected chi connectivity index (χ4v) is 6.14. The van der Waals surface area contributed by atoms with Crippen LogP contribution < -0.4 is 5.73 Å². The van der Waals surface area contributed by atoms with Gasteiger partial charge in [0.1, 0.15) is 11.8 Å². The van der Waals surface area contributed by atoms with E-state index in [1.165, 1.54) is 11.1 Å². The van der Waals surface area contributed by atoms with E-state index < -0.39 is 0 Å². The highest BCUT2D eigenvalue weighted by molar-refractivity contribution is 6.06. The second-order valence-electron chi connectivity index (χ2n) is 10.9. The molecule has 0 aliphatic heterocycles. The fraction of sp³-hybridized carbons (Fsp3) is 0.103. The van der Waals surface area contributed by atoms with Gasteiger partial charge >= 0.3 is 0 Å². The van der Waals surface area contributed by atoms with Crippen molar-refractivity contribution in [3.63, 3.8) is 0 Å². The van der Waals surface area contributed by atoms with Crippen molar-refractivity contribution in [2.75, 3.05) is 0 Å². The molecule has 0 saturated carbocycles. The lowest BCUT2D eigenvalue weighted by Gasteiger charge is -2.13. The Morgan fingerprint density at radius 2 is 1.47 bits per heavy atom. The van der Waals surface area contributed by atoms with Crippen molar-refractivity contribution >= 4 is 17.7 Å². The lowest BCUT2D eigenvalue weighted by molar-refractivity contribution is 0.852. The highest BCUT2D eigenvalue weighted by Gasteiger charge is 2.30. The quantitative estimate of drug-likeness (QED) is 0.178. The van der Waals surface area contributed by atoms with Gasteiger partial charge < -0.3 is 5.73 Å². The van der Waals surface area contributed by atoms with Gasteiger partial charge in [-0.2, -0.15) is 15.8 Å². The Kier molecular flexibility index (Phi) is 7.09. The molecule has 0 spiro atoms. The minimum atomic E-state index is 0.0515. The highest BCUT2D eigenvalue weighted by atomic mass is 14.6. The van der Waals surface area contributed by atoms with Gasteiger partial charge in [-0.25, -0.2) is 0 Å². The first kappa shape index (κ1) is 27.3. The number of fused-ring (bicyclic) bond motifs is 4. The van der Waals surface area contributed by atoms with E-state index in [-0.39, 0.29) is 5.70 Å². The van der Waals surface area contributed by atoms with Crippen LogP contribution in [0, 0.1) is 40.9 Å². The predicted molar refractivity (Wildman–Crippen MR) is 174 cm³/mol. The average molecular weight is 553 g/mol. The van der Waals surface area contributed by atoms with Gasteiger partial charge in [-0.1, -0.05) is 61.2 Å². The largest absolute Gasteiger partial charge is 0.390 e. The van der Waals surface area contributed by atoms with Crippen molar-refractivity contribution in [3.8, 4) is 51.6 Å². The average Bonchev–Trinajstić information content (AvgIpc) is 3.16. The van der Waals surface area contributed by atoms with Crippen LogP contribution in [-0.2, 0) is 6.42 Å². The third-order valence-corrected chi connectivity index (χ3v) is 8.35. The standard InChI is InChI=1S/C39H28N4/c1-3-4-8-26-15-28(12-11-24(26)2)32-19-34-35-20-33(29-14-13-25-9-6-5-7-10-27(25)16-29)31(22-41)18-37(35)39(38(43)23-42)36(34)17-30(32)21-40/h3-4,7-8,10-20H,1,5-6,9,43H2,2H3/b8-4-,39-38-. The maximum Gasteiger partial charge on any atom is 0.119 e. The first-order valence-corrected chi connectivity index (χ1v) is 14.2. The molecular weight excluding hydrogens is 524 g/mol. The third-order valence-electron chi connectivity index (χ3n) is 8.35. The lowest BCUT2D eigenvalue weighted by Crippen LogP contribution is -2.00. The molecule has 2 aliphatic rings. The summed E-state index contributed by atoms with van der Waals surface area (Å²) in [7, 11) is 0. The molecular formula is C39H28N4. The molecule has 0 saturated heterocycles. The zero-order valence-corrected chi connectivity index (χ0v) is 23.9. The van der Waals surface area contributed by atoms with Crippen LogP contribution in [-0.4, -0.2) is 0 Å². The topological polar surface area (TPSA) is 97.4 Å². The van der Waals surface area contributed by atoms with Crippen LogP contribution in [0.15, 0.2) is 91.2 Å². The molecule has 0 radical (unpaired) electrons. The number of aryl methyl sites for hydroxylation is 2. The SMILES string of the molecule is C=C/C=C\c1cc(-c2cc3c(cc2C#N)/C(=C(/N)C#N)c2cc(C#N)c(-c4ccc5c(c4)C=CCCC5)cc2-3)ccc1C. The Balaban J connectivity index is 1.61. The molecule has 2 aliphatic carbocycles. The summed E-state index contributed by atoms with van der Waals surface area (Å²) in [5, 5.41) is 30.3. The van der Waals surface area contributed by atoms with Gasteiger partial charge in [-0.3, -0.25) is 0 Å². The summed E-state index contributed by atoms with van der Waals surface area (Å²) in [6.45, 7) is 5.82. The first-order chi connectivity index (χ1) is 21.0. The van der Waals surface area contributed by atoms with E-state index in [0.717, 1.165) is 74.9 Å². The van der Waals surface area contributed by atoms with Crippen molar-refractivity contribution in [1.29, 1.82) is 15.8 Å². The maximum absolute atomic E-state index is 10.2. The number of nitrogens with zero attached hydrogens (tertiary/aromatic N) is 3. The molecule has 204 valence electrons. The Bertz CT molecular complexity index is 2070. The van der Waals surface area contributed by atoms with Crippen LogP contribution in [0.1, 0.15) is 57.3 Å². The number of allylic oxidation sites excluding steroid dienone is 4. The van der Waals surface area contributed by atoms with Gasteiger partial charge in [0, 0.05) is 16.7 Å². The van der Waals surface area contributed by atoms with E-state index in [0.29, 0.717) is 16.7 Å². The summed E-state index contributed by atoms with van der Waals surface area (Å²) >= 11 is 0. The molecule has 4 aromatic carbocycles. The van der Waals surface area contributed by atoms with Gasteiger partial charge in [-0.15, -0.1) is 0 Å². The molecule has 0 unspecified atom stereocenters. The summed E-state index contributed by atoms with van der Waals surface area (Å²) < 4.78 is 0. The molecule has 0 aromatic heterocycles. The predicted octanol–water partition coefficient (Wildman–Crippen LogP) is 8.84. The smallest absolute Gasteiger partial charge is 0.119 e. The first-order valence-electron chi connectivity index (χ1n) is 14.2. The molecule has 0 heterocycles. The van der Waals surface area contributed by atoms with Gasteiger partial charge in [-0.05, 0) is 118 Å². The van der Waals surface area contributed by atoms with Crippen LogP contribution in [0.3, 0.4) is 0 Å². The van der Waals surface area contributed by atoms with E-state index >= 15 is 0 Å². The van der Waals surface area contributed by atoms with Crippen molar-refractivity contribution in [3.05, 3.63) is 136 Å². The summed E-state index contributed by atoms with van der Waals surface area (Å²) in [5.41, 5.74) is 19.2. The molecule has 0 bridgehead atoms. The molecule has 4 nitrogen and oxygen atoms in total. The van der Waals surface area contributed by atoms with Crippen molar-refractivity contribution in [1.82, 2.24) is 0 Å². The fourth-order valence-electron chi connectivity index (χ4n) is 6.14. The van der Waals surface area contributed by atoms with E-state index in [1.54, 1.807) is 6.08 Å². The van der Waals surface area contributed by atoms with Crippen LogP contribution in [0.2, 0.25) is 0 Å². The second-order valence-corrected chi connectivity index (χ2v) is 10.9. The lowest BCUT2D eigenvalue weighted by atomic mass is 9.90. The van der Waals surface area contributed by atoms with Crippen molar-refractivity contribution in [2.24, 2.45) is 5.73 Å². The number of nitrogens with two attached hydrogens (primary N) is 1. The van der Waals surface area contributed by atoms with Crippen molar-refractivity contribution < 1.29 is 0 Å². The number of benzene rings is 4. The second kappa shape index (κ2) is 11.2. The maximum atomic E-state index is 10.2. The summed E-state index contributed by atoms with van der Waals surface area (Å²) in [4.78, 5) is 0. The molecule has 2 N–H and O–H groups in total. The normalized spacial score (nSPS) is 14.1. The van der Waals surface area contributed by atoms with Crippen LogP contribution in [0.4, 0.5) is 0 Å². The van der Waals surface area contributed by atoms with Gasteiger partial charge in [0.15, 0.2) is 0 Å². The monoisotopic (exact) mass is 552 g/mol. The molecule has 0 amide bonds. The van der Waals surface area contributed by atoms with Gasteiger partial charge in [0.2, 0.25) is 0 Å². The summed E-state index contributed by atoms with van der Waals surface area (Å²) in [5.74, 6) is 0. The number of rotatable bonds is 4. The molecule has 4 heteroatoms. The molecule has 43 heavy (non-hydrogen) atoms. The van der Waals surface area contributed by atoms with Crippen LogP contribution >= 0.6 is 0 Å². The van der Waals surface area contributed by atoms with Gasteiger partial charge in [0.05, 0.1) is 23.3 Å². The van der Waals surface area contributed by atoms with E-state index in [2.05, 4.69) is 61.2 Å².